The van der Waals surface area contributed by atoms with Gasteiger partial charge < -0.3 is 24.6 Å². The number of ether oxygens (including phenoxy) is 2. The number of unbranched alkanes of at least 4 members (excludes halogenated alkanes) is 1. The van der Waals surface area contributed by atoms with Crippen LogP contribution in [0.15, 0.2) is 66.2 Å². The fourth-order valence-corrected chi connectivity index (χ4v) is 4.70. The zero-order valence-corrected chi connectivity index (χ0v) is 27.7. The van der Waals surface area contributed by atoms with E-state index >= 15 is 0 Å². The highest BCUT2D eigenvalue weighted by atomic mass is 32.2. The number of pyridine rings is 2. The molecule has 1 aliphatic rings. The molecule has 234 valence electrons. The van der Waals surface area contributed by atoms with Crippen molar-refractivity contribution in [2.75, 3.05) is 63.1 Å². The first-order valence-electron chi connectivity index (χ1n) is 14.8. The van der Waals surface area contributed by atoms with Crippen LogP contribution in [0.5, 0.6) is 17.2 Å². The van der Waals surface area contributed by atoms with Crippen LogP contribution in [0.3, 0.4) is 0 Å². The summed E-state index contributed by atoms with van der Waals surface area (Å²) in [5.41, 5.74) is 4.38. The van der Waals surface area contributed by atoms with Gasteiger partial charge in [-0.15, -0.1) is 0 Å². The molecule has 0 atom stereocenters. The first kappa shape index (κ1) is 32.8. The first-order chi connectivity index (χ1) is 21.4. The number of rotatable bonds is 9. The van der Waals surface area contributed by atoms with Crippen LogP contribution < -0.4 is 19.7 Å². The number of amidine groups is 1. The lowest BCUT2D eigenvalue weighted by atomic mass is 10.1. The zero-order chi connectivity index (χ0) is 31.5. The smallest absolute Gasteiger partial charge is 0.172 e. The predicted octanol–water partition coefficient (Wildman–Crippen LogP) is 6.45. The lowest BCUT2D eigenvalue weighted by Gasteiger charge is -2.34. The Morgan fingerprint density at radius 1 is 1.05 bits per heavy atom. The fourth-order valence-electron chi connectivity index (χ4n) is 4.70. The molecule has 5 rings (SSSR count). The van der Waals surface area contributed by atoms with Gasteiger partial charge in [0.2, 0.25) is 0 Å². The lowest BCUT2D eigenvalue weighted by molar-refractivity contribution is 0.310. The zero-order valence-electron chi connectivity index (χ0n) is 26.9. The minimum Gasteiger partial charge on any atom is -0.493 e. The van der Waals surface area contributed by atoms with Crippen molar-refractivity contribution >= 4 is 34.7 Å². The summed E-state index contributed by atoms with van der Waals surface area (Å²) in [5, 5.41) is 7.67. The maximum atomic E-state index is 6.17. The number of allylic oxidation sites excluding steroid dienone is 1. The summed E-state index contributed by atoms with van der Waals surface area (Å²) < 4.78 is 13.6. The number of fused-ring (bicyclic) bond motifs is 1. The molecule has 44 heavy (non-hydrogen) atoms. The molecule has 1 fully saturated rings. The van der Waals surface area contributed by atoms with Crippen LogP contribution in [0.25, 0.3) is 5.65 Å². The third kappa shape index (κ3) is 8.51. The number of methoxy groups -OCH3 is 1. The highest BCUT2D eigenvalue weighted by molar-refractivity contribution is 7.97. The quantitative estimate of drug-likeness (QED) is 0.168. The predicted molar refractivity (Wildman–Crippen MR) is 183 cm³/mol. The van der Waals surface area contributed by atoms with E-state index in [4.69, 9.17) is 19.5 Å². The van der Waals surface area contributed by atoms with Gasteiger partial charge in [0, 0.05) is 50.3 Å². The Labute approximate surface area is 265 Å². The second-order valence-electron chi connectivity index (χ2n) is 10.7. The Morgan fingerprint density at radius 2 is 1.82 bits per heavy atom. The van der Waals surface area contributed by atoms with Crippen molar-refractivity contribution < 1.29 is 9.47 Å². The average Bonchev–Trinajstić information content (AvgIpc) is 3.49. The maximum absolute atomic E-state index is 6.17. The van der Waals surface area contributed by atoms with Gasteiger partial charge in [0.15, 0.2) is 23.1 Å². The van der Waals surface area contributed by atoms with Crippen molar-refractivity contribution in [1.29, 1.82) is 0 Å². The van der Waals surface area contributed by atoms with Crippen molar-refractivity contribution in [2.45, 2.75) is 33.6 Å². The molecule has 1 N–H and O–H groups in total. The molecule has 10 nitrogen and oxygen atoms in total. The molecular formula is C33H44N8O2S. The van der Waals surface area contributed by atoms with Crippen LogP contribution in [0.4, 0.5) is 11.5 Å². The number of aryl methyl sites for hydroxylation is 2. The highest BCUT2D eigenvalue weighted by Crippen LogP contribution is 2.31. The van der Waals surface area contributed by atoms with Crippen molar-refractivity contribution in [3.63, 3.8) is 0 Å². The SMILES string of the molecule is CCC/C=C/N=C(Nc1ccc(Oc2ccn3ncnc3c2)c(C)c1)c1nc(N2CCN(C)CC2)c(OC)cc1C.CSC. The standard InChI is InChI=1S/C31H38N8O2.C2H6S/c1-6-7-8-12-32-30(29-23(3)19-27(40-5)31(36-29)38-16-14-37(4)15-17-38)35-24-9-10-26(22(2)18-24)41-25-11-13-39-28(20-25)33-21-34-39;1-3-2/h8-13,18-21H,6-7,14-17H2,1-5H3,(H,32,35);1-2H3/b12-8+;. The summed E-state index contributed by atoms with van der Waals surface area (Å²) >= 11 is 1.75. The number of anilines is 2. The molecule has 1 saturated heterocycles. The van der Waals surface area contributed by atoms with Crippen LogP contribution >= 0.6 is 11.8 Å². The van der Waals surface area contributed by atoms with Crippen LogP contribution in [-0.4, -0.2) is 83.2 Å². The third-order valence-electron chi connectivity index (χ3n) is 7.09. The van der Waals surface area contributed by atoms with Crippen LogP contribution in [0, 0.1) is 13.8 Å². The molecule has 0 amide bonds. The Balaban J connectivity index is 0.00000141. The van der Waals surface area contributed by atoms with Crippen LogP contribution in [0.1, 0.15) is 36.6 Å². The van der Waals surface area contributed by atoms with E-state index in [9.17, 15) is 0 Å². The summed E-state index contributed by atoms with van der Waals surface area (Å²) in [6, 6.07) is 11.8. The summed E-state index contributed by atoms with van der Waals surface area (Å²) in [4.78, 5) is 18.8. The molecule has 1 aromatic carbocycles. The van der Waals surface area contributed by atoms with Gasteiger partial charge in [0.25, 0.3) is 0 Å². The van der Waals surface area contributed by atoms with Crippen LogP contribution in [0.2, 0.25) is 0 Å². The molecule has 0 unspecified atom stereocenters. The summed E-state index contributed by atoms with van der Waals surface area (Å²) in [6.45, 7) is 9.96. The van der Waals surface area contributed by atoms with E-state index in [-0.39, 0.29) is 0 Å². The molecule has 0 saturated carbocycles. The van der Waals surface area contributed by atoms with E-state index in [2.05, 4.69) is 57.4 Å². The number of thioether (sulfide) groups is 1. The molecule has 3 aromatic heterocycles. The van der Waals surface area contributed by atoms with Crippen molar-refractivity contribution in [2.24, 2.45) is 4.99 Å². The Morgan fingerprint density at radius 3 is 2.52 bits per heavy atom. The Kier molecular flexibility index (Phi) is 12.0. The van der Waals surface area contributed by atoms with E-state index in [0.717, 1.165) is 84.5 Å². The number of likely N-dealkylation sites (N-methyl/N-ethyl adjacent to an activating group) is 1. The van der Waals surface area contributed by atoms with Crippen molar-refractivity contribution in [1.82, 2.24) is 24.5 Å². The Hall–Kier alpha value is -4.09. The van der Waals surface area contributed by atoms with E-state index in [1.807, 2.05) is 63.0 Å². The number of benzene rings is 1. The molecule has 4 aromatic rings. The second kappa shape index (κ2) is 16.1. The molecule has 0 radical (unpaired) electrons. The maximum Gasteiger partial charge on any atom is 0.172 e. The lowest BCUT2D eigenvalue weighted by Crippen LogP contribution is -2.45. The number of nitrogens with one attached hydrogen (secondary N) is 1. The number of aliphatic imine (C=N–C) groups is 1. The van der Waals surface area contributed by atoms with E-state index in [1.165, 1.54) is 6.33 Å². The molecule has 0 aliphatic carbocycles. The van der Waals surface area contributed by atoms with Crippen LogP contribution in [-0.2, 0) is 0 Å². The molecule has 11 heteroatoms. The van der Waals surface area contributed by atoms with Gasteiger partial charge in [-0.2, -0.15) is 16.9 Å². The third-order valence-corrected chi connectivity index (χ3v) is 7.09. The van der Waals surface area contributed by atoms with E-state index in [1.54, 1.807) is 23.4 Å². The number of nitrogens with zero attached hydrogens (tertiary/aromatic N) is 7. The molecule has 0 bridgehead atoms. The van der Waals surface area contributed by atoms with Gasteiger partial charge >= 0.3 is 0 Å². The number of hydrogen-bond donors (Lipinski definition) is 1. The van der Waals surface area contributed by atoms with Crippen molar-refractivity contribution in [3.8, 4) is 17.2 Å². The molecular weight excluding hydrogens is 572 g/mol. The number of piperazine rings is 1. The largest absolute Gasteiger partial charge is 0.493 e. The van der Waals surface area contributed by atoms with Gasteiger partial charge in [-0.25, -0.2) is 19.5 Å². The topological polar surface area (TPSA) is 92.4 Å². The summed E-state index contributed by atoms with van der Waals surface area (Å²) in [7, 11) is 3.85. The normalized spacial score (nSPS) is 14.1. The molecule has 0 spiro atoms. The minimum absolute atomic E-state index is 0.679. The monoisotopic (exact) mass is 616 g/mol. The van der Waals surface area contributed by atoms with Gasteiger partial charge in [-0.05, 0) is 81.3 Å². The minimum atomic E-state index is 0.679. The Bertz CT molecular complexity index is 1580. The molecule has 1 aliphatic heterocycles. The molecule has 4 heterocycles. The van der Waals surface area contributed by atoms with E-state index < -0.39 is 0 Å². The summed E-state index contributed by atoms with van der Waals surface area (Å²) in [6.07, 6.45) is 13.4. The van der Waals surface area contributed by atoms with Gasteiger partial charge in [0.05, 0.1) is 7.11 Å². The highest BCUT2D eigenvalue weighted by Gasteiger charge is 2.22. The van der Waals surface area contributed by atoms with Gasteiger partial charge in [-0.1, -0.05) is 19.4 Å². The summed E-state index contributed by atoms with van der Waals surface area (Å²) in [5.74, 6) is 3.76. The van der Waals surface area contributed by atoms with Gasteiger partial charge in [0.1, 0.15) is 23.5 Å². The second-order valence-corrected chi connectivity index (χ2v) is 11.5. The number of hydrogen-bond acceptors (Lipinski definition) is 9. The van der Waals surface area contributed by atoms with E-state index in [0.29, 0.717) is 11.6 Å². The number of aromatic nitrogens is 4. The average molecular weight is 617 g/mol. The fraction of sp³-hybridized carbons (Fsp3) is 0.394. The van der Waals surface area contributed by atoms with Gasteiger partial charge in [-0.3, -0.25) is 0 Å². The van der Waals surface area contributed by atoms with Crippen molar-refractivity contribution in [3.05, 3.63) is 78.0 Å². The first-order valence-corrected chi connectivity index (χ1v) is 16.5.